The Kier molecular flexibility index (Phi) is 4.97. The van der Waals surface area contributed by atoms with E-state index in [0.717, 1.165) is 23.5 Å². The summed E-state index contributed by atoms with van der Waals surface area (Å²) in [5.41, 5.74) is -0.869. The number of alkyl halides is 3. The number of benzene rings is 1. The summed E-state index contributed by atoms with van der Waals surface area (Å²) in [5.74, 6) is -0.220. The van der Waals surface area contributed by atoms with E-state index in [-0.39, 0.29) is 21.4 Å². The molecule has 0 aliphatic heterocycles. The third kappa shape index (κ3) is 3.86. The van der Waals surface area contributed by atoms with Gasteiger partial charge in [-0.05, 0) is 35.2 Å². The summed E-state index contributed by atoms with van der Waals surface area (Å²) in [6.45, 7) is 0. The molecule has 2 heterocycles. The fraction of sp³-hybridized carbons (Fsp3) is 0.111. The van der Waals surface area contributed by atoms with Gasteiger partial charge in [-0.1, -0.05) is 18.2 Å². The number of aromatic nitrogens is 1. The minimum atomic E-state index is -4.45. The highest BCUT2D eigenvalue weighted by atomic mass is 32.1. The van der Waals surface area contributed by atoms with Crippen LogP contribution in [0.3, 0.4) is 0 Å². The molecule has 0 radical (unpaired) electrons. The molecule has 0 atom stereocenters. The molecule has 8 heteroatoms. The van der Waals surface area contributed by atoms with Gasteiger partial charge in [0.1, 0.15) is 4.66 Å². The summed E-state index contributed by atoms with van der Waals surface area (Å²) in [6.07, 6.45) is -1.69. The molecule has 0 bridgehead atoms. The van der Waals surface area contributed by atoms with E-state index < -0.39 is 11.7 Å². The van der Waals surface area contributed by atoms with Crippen LogP contribution in [-0.4, -0.2) is 10.4 Å². The molecule has 3 aromatic rings. The van der Waals surface area contributed by atoms with Crippen LogP contribution in [0.1, 0.15) is 20.8 Å². The second-order valence-electron chi connectivity index (χ2n) is 5.42. The summed E-state index contributed by atoms with van der Waals surface area (Å²) in [7, 11) is 1.52. The quantitative estimate of drug-likeness (QED) is 0.640. The van der Waals surface area contributed by atoms with Gasteiger partial charge < -0.3 is 4.57 Å². The largest absolute Gasteiger partial charge is 0.416 e. The number of rotatable bonds is 3. The van der Waals surface area contributed by atoms with Crippen LogP contribution in [0.5, 0.6) is 0 Å². The van der Waals surface area contributed by atoms with Crippen LogP contribution in [0.2, 0.25) is 0 Å². The van der Waals surface area contributed by atoms with Crippen molar-refractivity contribution in [2.75, 3.05) is 0 Å². The number of ketones is 1. The van der Waals surface area contributed by atoms with E-state index in [0.29, 0.717) is 9.54 Å². The number of thiophene rings is 1. The van der Waals surface area contributed by atoms with Gasteiger partial charge in [-0.25, -0.2) is 0 Å². The van der Waals surface area contributed by atoms with Gasteiger partial charge in [0.05, 0.1) is 15.0 Å². The van der Waals surface area contributed by atoms with Crippen molar-refractivity contribution in [3.63, 3.8) is 0 Å². The molecular formula is C18H12F3NO2S2. The summed E-state index contributed by atoms with van der Waals surface area (Å²) in [5, 5.41) is 1.78. The molecule has 0 aliphatic rings. The van der Waals surface area contributed by atoms with Crippen molar-refractivity contribution in [2.24, 2.45) is 7.05 Å². The van der Waals surface area contributed by atoms with Crippen molar-refractivity contribution in [1.29, 1.82) is 0 Å². The maximum Gasteiger partial charge on any atom is 0.416 e. The summed E-state index contributed by atoms with van der Waals surface area (Å²) in [4.78, 5) is 25.1. The Balaban J connectivity index is 2.07. The van der Waals surface area contributed by atoms with Crippen LogP contribution in [-0.2, 0) is 13.2 Å². The van der Waals surface area contributed by atoms with Crippen molar-refractivity contribution >= 4 is 40.6 Å². The van der Waals surface area contributed by atoms with Crippen LogP contribution in [0.4, 0.5) is 13.2 Å². The lowest BCUT2D eigenvalue weighted by molar-refractivity contribution is -0.137. The highest BCUT2D eigenvalue weighted by molar-refractivity contribution is 7.12. The number of halogens is 3. The minimum Gasteiger partial charge on any atom is -0.302 e. The lowest BCUT2D eigenvalue weighted by atomic mass is 10.1. The molecule has 26 heavy (non-hydrogen) atoms. The van der Waals surface area contributed by atoms with Gasteiger partial charge in [0.25, 0.3) is 5.56 Å². The van der Waals surface area contributed by atoms with Crippen LogP contribution in [0.25, 0.3) is 12.2 Å². The molecule has 0 saturated heterocycles. The summed E-state index contributed by atoms with van der Waals surface area (Å²) < 4.78 is 40.5. The average molecular weight is 395 g/mol. The molecule has 0 unspecified atom stereocenters. The molecule has 1 aromatic carbocycles. The smallest absolute Gasteiger partial charge is 0.302 e. The van der Waals surface area contributed by atoms with E-state index in [1.165, 1.54) is 47.2 Å². The number of carbonyl (C=O) groups is 1. The Morgan fingerprint density at radius 2 is 1.96 bits per heavy atom. The first-order chi connectivity index (χ1) is 12.3. The van der Waals surface area contributed by atoms with Crippen LogP contribution in [0.15, 0.2) is 46.6 Å². The Morgan fingerprint density at radius 1 is 1.19 bits per heavy atom. The average Bonchev–Trinajstić information content (AvgIpc) is 3.20. The zero-order chi connectivity index (χ0) is 18.9. The van der Waals surface area contributed by atoms with Gasteiger partial charge in [-0.3, -0.25) is 9.59 Å². The second kappa shape index (κ2) is 7.05. The maximum atomic E-state index is 12.8. The standard InChI is InChI=1S/C18H12F3NO2S2/c1-22-16(10-13(23)14-6-3-7-25-14)26-15(17(22)24)9-11-4-2-5-12(8-11)18(19,20)21/h2-10H,1H3/b15-9+,16-10-. The number of Topliss-reactive ketones (excluding diaryl/α,β-unsaturated/α-hetero) is 1. The molecule has 3 nitrogen and oxygen atoms in total. The van der Waals surface area contributed by atoms with Crippen LogP contribution < -0.4 is 14.8 Å². The Bertz CT molecular complexity index is 1120. The molecule has 0 saturated carbocycles. The second-order valence-corrected chi connectivity index (χ2v) is 7.43. The van der Waals surface area contributed by atoms with E-state index in [4.69, 9.17) is 0 Å². The van der Waals surface area contributed by atoms with Gasteiger partial charge in [-0.2, -0.15) is 13.2 Å². The monoisotopic (exact) mass is 395 g/mol. The minimum absolute atomic E-state index is 0.220. The number of hydrogen-bond acceptors (Lipinski definition) is 4. The molecule has 0 fully saturated rings. The van der Waals surface area contributed by atoms with E-state index in [1.54, 1.807) is 17.5 Å². The van der Waals surface area contributed by atoms with Gasteiger partial charge in [0.2, 0.25) is 0 Å². The third-order valence-electron chi connectivity index (χ3n) is 3.59. The van der Waals surface area contributed by atoms with Crippen molar-refractivity contribution in [1.82, 2.24) is 4.57 Å². The predicted octanol–water partition coefficient (Wildman–Crippen LogP) is 3.02. The Labute approximate surface area is 154 Å². The fourth-order valence-electron chi connectivity index (χ4n) is 2.27. The first-order valence-electron chi connectivity index (χ1n) is 7.40. The summed E-state index contributed by atoms with van der Waals surface area (Å²) >= 11 is 2.36. The first kappa shape index (κ1) is 18.3. The maximum absolute atomic E-state index is 12.8. The number of thiazole rings is 1. The molecule has 3 rings (SSSR count). The fourth-order valence-corrected chi connectivity index (χ4v) is 3.93. The molecule has 2 aromatic heterocycles. The molecule has 0 spiro atoms. The van der Waals surface area contributed by atoms with E-state index in [1.807, 2.05) is 0 Å². The molecule has 0 amide bonds. The van der Waals surface area contributed by atoms with Gasteiger partial charge in [-0.15, -0.1) is 22.7 Å². The number of nitrogens with zero attached hydrogens (tertiary/aromatic N) is 1. The van der Waals surface area contributed by atoms with Gasteiger partial charge in [0, 0.05) is 13.1 Å². The third-order valence-corrected chi connectivity index (χ3v) is 5.59. The Hall–Kier alpha value is -2.45. The SMILES string of the molecule is Cn1c(=O)/c(=C\c2cccc(C(F)(F)F)c2)s/c1=C\C(=O)c1cccs1. The zero-order valence-electron chi connectivity index (χ0n) is 13.4. The first-order valence-corrected chi connectivity index (χ1v) is 9.10. The van der Waals surface area contributed by atoms with E-state index in [2.05, 4.69) is 0 Å². The van der Waals surface area contributed by atoms with Gasteiger partial charge >= 0.3 is 6.18 Å². The van der Waals surface area contributed by atoms with E-state index in [9.17, 15) is 22.8 Å². The highest BCUT2D eigenvalue weighted by Gasteiger charge is 2.30. The van der Waals surface area contributed by atoms with Gasteiger partial charge in [0.15, 0.2) is 5.78 Å². The number of hydrogen-bond donors (Lipinski definition) is 0. The molecular weight excluding hydrogens is 383 g/mol. The molecule has 134 valence electrons. The predicted molar refractivity (Wildman–Crippen MR) is 96.9 cm³/mol. The topological polar surface area (TPSA) is 39.1 Å². The van der Waals surface area contributed by atoms with Crippen molar-refractivity contribution in [3.05, 3.63) is 77.3 Å². The lowest BCUT2D eigenvalue weighted by Crippen LogP contribution is -2.29. The number of carbonyl (C=O) groups excluding carboxylic acids is 1. The lowest BCUT2D eigenvalue weighted by Gasteiger charge is -2.06. The molecule has 0 aliphatic carbocycles. The van der Waals surface area contributed by atoms with Crippen LogP contribution >= 0.6 is 22.7 Å². The Morgan fingerprint density at radius 3 is 2.62 bits per heavy atom. The van der Waals surface area contributed by atoms with Crippen LogP contribution in [0, 0.1) is 0 Å². The summed E-state index contributed by atoms with van der Waals surface area (Å²) in [6, 6.07) is 8.19. The zero-order valence-corrected chi connectivity index (χ0v) is 15.0. The van der Waals surface area contributed by atoms with Crippen molar-refractivity contribution < 1.29 is 18.0 Å². The van der Waals surface area contributed by atoms with Crippen molar-refractivity contribution in [3.8, 4) is 0 Å². The van der Waals surface area contributed by atoms with E-state index >= 15 is 0 Å². The normalized spacial score (nSPS) is 13.4. The molecule has 0 N–H and O–H groups in total. The van der Waals surface area contributed by atoms with Crippen molar-refractivity contribution in [2.45, 2.75) is 6.18 Å². The highest BCUT2D eigenvalue weighted by Crippen LogP contribution is 2.29.